The molecule has 0 heterocycles. The molecule has 3 N–H and O–H groups in total. The summed E-state index contributed by atoms with van der Waals surface area (Å²) >= 11 is 0. The van der Waals surface area contributed by atoms with E-state index in [0.29, 0.717) is 18.4 Å². The molecule has 0 saturated carbocycles. The van der Waals surface area contributed by atoms with E-state index in [1.165, 1.54) is 0 Å². The van der Waals surface area contributed by atoms with E-state index in [2.05, 4.69) is 33.0 Å². The number of benzene rings is 1. The van der Waals surface area contributed by atoms with Crippen LogP contribution >= 0.6 is 0 Å². The summed E-state index contributed by atoms with van der Waals surface area (Å²) < 4.78 is 0. The van der Waals surface area contributed by atoms with Gasteiger partial charge in [0.05, 0.1) is 0 Å². The number of nitrogens with two attached hydrogens (primary N) is 1. The Morgan fingerprint density at radius 1 is 1.10 bits per heavy atom. The number of nitrogens with one attached hydrogen (secondary N) is 1. The Morgan fingerprint density at radius 2 is 1.60 bits per heavy atom. The van der Waals surface area contributed by atoms with Crippen molar-refractivity contribution in [2.75, 3.05) is 18.4 Å². The number of urea groups is 1. The maximum absolute atomic E-state index is 12.3. The molecule has 0 spiro atoms. The Balaban J connectivity index is 2.68. The average molecular weight is 277 g/mol. The Kier molecular flexibility index (Phi) is 6.52. The van der Waals surface area contributed by atoms with Crippen LogP contribution in [0.25, 0.3) is 0 Å². The second kappa shape index (κ2) is 7.90. The zero-order valence-electron chi connectivity index (χ0n) is 13.0. The standard InChI is InChI=1S/C16H27N3O/c1-12(2)10-19(11-13(3)4)16(20)18-15-7-5-14(9-17)6-8-15/h5-8,12-13H,9-11,17H2,1-4H3,(H,18,20). The van der Waals surface area contributed by atoms with Gasteiger partial charge in [-0.1, -0.05) is 39.8 Å². The minimum absolute atomic E-state index is 0.0344. The van der Waals surface area contributed by atoms with Crippen LogP contribution in [0.4, 0.5) is 10.5 Å². The van der Waals surface area contributed by atoms with Crippen LogP contribution < -0.4 is 11.1 Å². The summed E-state index contributed by atoms with van der Waals surface area (Å²) in [6.07, 6.45) is 0. The molecule has 0 aliphatic carbocycles. The van der Waals surface area contributed by atoms with Crippen molar-refractivity contribution in [3.63, 3.8) is 0 Å². The van der Waals surface area contributed by atoms with Gasteiger partial charge >= 0.3 is 6.03 Å². The van der Waals surface area contributed by atoms with Gasteiger partial charge in [-0.25, -0.2) is 4.79 Å². The van der Waals surface area contributed by atoms with Crippen LogP contribution in [0.3, 0.4) is 0 Å². The summed E-state index contributed by atoms with van der Waals surface area (Å²) in [5.41, 5.74) is 7.43. The van der Waals surface area contributed by atoms with E-state index in [1.807, 2.05) is 29.2 Å². The van der Waals surface area contributed by atoms with E-state index in [4.69, 9.17) is 5.73 Å². The number of carbonyl (C=O) groups excluding carboxylic acids is 1. The molecule has 0 aliphatic heterocycles. The Bertz CT molecular complexity index is 402. The van der Waals surface area contributed by atoms with Gasteiger partial charge in [-0.3, -0.25) is 0 Å². The monoisotopic (exact) mass is 277 g/mol. The van der Waals surface area contributed by atoms with Crippen molar-refractivity contribution in [2.24, 2.45) is 17.6 Å². The largest absolute Gasteiger partial charge is 0.326 e. The fourth-order valence-electron chi connectivity index (χ4n) is 2.05. The maximum atomic E-state index is 12.3. The second-order valence-electron chi connectivity index (χ2n) is 6.02. The SMILES string of the molecule is CC(C)CN(CC(C)C)C(=O)Nc1ccc(CN)cc1. The fraction of sp³-hybridized carbons (Fsp3) is 0.562. The molecule has 0 saturated heterocycles. The maximum Gasteiger partial charge on any atom is 0.321 e. The number of carbonyl (C=O) groups is 1. The van der Waals surface area contributed by atoms with Crippen molar-refractivity contribution in [1.82, 2.24) is 4.90 Å². The van der Waals surface area contributed by atoms with Crippen LogP contribution in [0.5, 0.6) is 0 Å². The summed E-state index contributed by atoms with van der Waals surface area (Å²) in [7, 11) is 0. The van der Waals surface area contributed by atoms with Crippen molar-refractivity contribution in [3.8, 4) is 0 Å². The molecule has 1 aromatic rings. The van der Waals surface area contributed by atoms with Gasteiger partial charge in [0.15, 0.2) is 0 Å². The van der Waals surface area contributed by atoms with Gasteiger partial charge in [-0.05, 0) is 29.5 Å². The smallest absolute Gasteiger partial charge is 0.321 e. The third-order valence-electron chi connectivity index (χ3n) is 2.90. The molecule has 2 amide bonds. The highest BCUT2D eigenvalue weighted by atomic mass is 16.2. The van der Waals surface area contributed by atoms with Crippen molar-refractivity contribution < 1.29 is 4.79 Å². The van der Waals surface area contributed by atoms with Crippen LogP contribution in [-0.2, 0) is 6.54 Å². The minimum Gasteiger partial charge on any atom is -0.326 e. The molecule has 112 valence electrons. The molecule has 0 radical (unpaired) electrons. The number of nitrogens with zero attached hydrogens (tertiary/aromatic N) is 1. The highest BCUT2D eigenvalue weighted by molar-refractivity contribution is 5.89. The van der Waals surface area contributed by atoms with Gasteiger partial charge in [0, 0.05) is 25.3 Å². The first kappa shape index (κ1) is 16.5. The molecule has 0 unspecified atom stereocenters. The molecule has 20 heavy (non-hydrogen) atoms. The lowest BCUT2D eigenvalue weighted by Gasteiger charge is -2.26. The van der Waals surface area contributed by atoms with Crippen molar-refractivity contribution in [1.29, 1.82) is 0 Å². The Morgan fingerprint density at radius 3 is 2.00 bits per heavy atom. The Labute approximate surface area is 122 Å². The molecular formula is C16H27N3O. The van der Waals surface area contributed by atoms with Gasteiger partial charge in [-0.15, -0.1) is 0 Å². The first-order chi connectivity index (χ1) is 9.42. The van der Waals surface area contributed by atoms with E-state index in [9.17, 15) is 4.79 Å². The zero-order chi connectivity index (χ0) is 15.1. The van der Waals surface area contributed by atoms with Crippen LogP contribution in [0.1, 0.15) is 33.3 Å². The number of anilines is 1. The third-order valence-corrected chi connectivity index (χ3v) is 2.90. The number of rotatable bonds is 6. The van der Waals surface area contributed by atoms with Gasteiger partial charge in [0.2, 0.25) is 0 Å². The van der Waals surface area contributed by atoms with Crippen molar-refractivity contribution >= 4 is 11.7 Å². The molecule has 4 heteroatoms. The quantitative estimate of drug-likeness (QED) is 0.838. The average Bonchev–Trinajstić information content (AvgIpc) is 2.37. The van der Waals surface area contributed by atoms with Gasteiger partial charge in [0.25, 0.3) is 0 Å². The lowest BCUT2D eigenvalue weighted by Crippen LogP contribution is -2.39. The number of amides is 2. The van der Waals surface area contributed by atoms with E-state index in [-0.39, 0.29) is 6.03 Å². The molecule has 0 aromatic heterocycles. The van der Waals surface area contributed by atoms with Crippen molar-refractivity contribution in [3.05, 3.63) is 29.8 Å². The summed E-state index contributed by atoms with van der Waals surface area (Å²) in [6, 6.07) is 7.62. The molecule has 0 aliphatic rings. The predicted molar refractivity (Wildman–Crippen MR) is 84.6 cm³/mol. The third kappa shape index (κ3) is 5.61. The zero-order valence-corrected chi connectivity index (χ0v) is 13.0. The first-order valence-corrected chi connectivity index (χ1v) is 7.27. The summed E-state index contributed by atoms with van der Waals surface area (Å²) in [5, 5.41) is 2.95. The van der Waals surface area contributed by atoms with E-state index in [0.717, 1.165) is 24.3 Å². The molecule has 0 fully saturated rings. The molecule has 1 rings (SSSR count). The topological polar surface area (TPSA) is 58.4 Å². The van der Waals surface area contributed by atoms with Gasteiger partial charge in [-0.2, -0.15) is 0 Å². The van der Waals surface area contributed by atoms with Crippen LogP contribution in [0.15, 0.2) is 24.3 Å². The molecule has 1 aromatic carbocycles. The number of hydrogen-bond donors (Lipinski definition) is 2. The van der Waals surface area contributed by atoms with Crippen molar-refractivity contribution in [2.45, 2.75) is 34.2 Å². The highest BCUT2D eigenvalue weighted by Gasteiger charge is 2.16. The van der Waals surface area contributed by atoms with Crippen LogP contribution in [-0.4, -0.2) is 24.0 Å². The highest BCUT2D eigenvalue weighted by Crippen LogP contribution is 2.12. The van der Waals surface area contributed by atoms with Gasteiger partial charge in [0.1, 0.15) is 0 Å². The van der Waals surface area contributed by atoms with E-state index >= 15 is 0 Å². The van der Waals surface area contributed by atoms with Gasteiger partial charge < -0.3 is 16.0 Å². The van der Waals surface area contributed by atoms with E-state index < -0.39 is 0 Å². The normalized spacial score (nSPS) is 10.9. The van der Waals surface area contributed by atoms with E-state index in [1.54, 1.807) is 0 Å². The lowest BCUT2D eigenvalue weighted by molar-refractivity contribution is 0.196. The first-order valence-electron chi connectivity index (χ1n) is 7.27. The Hall–Kier alpha value is -1.55. The van der Waals surface area contributed by atoms with Crippen LogP contribution in [0, 0.1) is 11.8 Å². The predicted octanol–water partition coefficient (Wildman–Crippen LogP) is 3.29. The number of hydrogen-bond acceptors (Lipinski definition) is 2. The molecule has 0 atom stereocenters. The molecular weight excluding hydrogens is 250 g/mol. The summed E-state index contributed by atoms with van der Waals surface area (Å²) in [4.78, 5) is 14.2. The van der Waals surface area contributed by atoms with Crippen LogP contribution in [0.2, 0.25) is 0 Å². The molecule has 4 nitrogen and oxygen atoms in total. The second-order valence-corrected chi connectivity index (χ2v) is 6.02. The molecule has 0 bridgehead atoms. The summed E-state index contributed by atoms with van der Waals surface area (Å²) in [5.74, 6) is 0.915. The minimum atomic E-state index is -0.0344. The lowest BCUT2D eigenvalue weighted by atomic mass is 10.1. The summed E-state index contributed by atoms with van der Waals surface area (Å²) in [6.45, 7) is 10.5. The fourth-order valence-corrected chi connectivity index (χ4v) is 2.05.